The average molecular weight is 174 g/mol. The second-order valence-corrected chi connectivity index (χ2v) is 3.13. The van der Waals surface area contributed by atoms with E-state index in [1.54, 1.807) is 0 Å². The predicted octanol–water partition coefficient (Wildman–Crippen LogP) is 3.60. The number of hydrogen-bond donors (Lipinski definition) is 0. The summed E-state index contributed by atoms with van der Waals surface area (Å²) in [7, 11) is 0. The van der Waals surface area contributed by atoms with Gasteiger partial charge in [-0.2, -0.15) is 0 Å². The maximum Gasteiger partial charge on any atom is 0.128 e. The smallest absolute Gasteiger partial charge is 0.128 e. The molecule has 0 spiro atoms. The topological polar surface area (TPSA) is 0 Å². The largest absolute Gasteiger partial charge is 0.207 e. The van der Waals surface area contributed by atoms with Gasteiger partial charge in [-0.3, -0.25) is 0 Å². The highest BCUT2D eigenvalue weighted by Gasteiger charge is 2.09. The fourth-order valence-electron chi connectivity index (χ4n) is 1.01. The second kappa shape index (κ2) is 3.22. The molecule has 0 atom stereocenters. The first-order valence-corrected chi connectivity index (χ1v) is 3.85. The van der Waals surface area contributed by atoms with E-state index in [2.05, 4.69) is 0 Å². The second-order valence-electron chi connectivity index (χ2n) is 2.72. The van der Waals surface area contributed by atoms with Gasteiger partial charge in [0.1, 0.15) is 5.82 Å². The third-order valence-electron chi connectivity index (χ3n) is 1.51. The minimum absolute atomic E-state index is 0.0538. The Balaban J connectivity index is 3.28. The van der Waals surface area contributed by atoms with Crippen molar-refractivity contribution in [3.8, 4) is 0 Å². The van der Waals surface area contributed by atoms with Crippen molar-refractivity contribution in [2.45, 2.75) is 19.8 Å². The molecule has 0 unspecified atom stereocenters. The van der Waals surface area contributed by atoms with Crippen molar-refractivity contribution < 1.29 is 5.76 Å². The molecule has 0 N–H and O–H groups in total. The quantitative estimate of drug-likeness (QED) is 0.609. The maximum atomic E-state index is 13.2. The van der Waals surface area contributed by atoms with Gasteiger partial charge in [-0.1, -0.05) is 31.5 Å². The van der Waals surface area contributed by atoms with Crippen LogP contribution in [0.25, 0.3) is 0 Å². The Hall–Kier alpha value is -0.560. The number of benzene rings is 1. The summed E-state index contributed by atoms with van der Waals surface area (Å²) in [6.45, 7) is 3.74. The Morgan fingerprint density at radius 3 is 2.64 bits per heavy atom. The zero-order valence-electron chi connectivity index (χ0n) is 7.49. The summed E-state index contributed by atoms with van der Waals surface area (Å²) in [5.74, 6) is -0.333. The van der Waals surface area contributed by atoms with E-state index in [4.69, 9.17) is 13.0 Å². The fraction of sp³-hybridized carbons (Fsp3) is 0.333. The Kier molecular flexibility index (Phi) is 2.08. The highest BCUT2D eigenvalue weighted by Crippen LogP contribution is 2.26. The zero-order valence-corrected chi connectivity index (χ0v) is 7.24. The Morgan fingerprint density at radius 1 is 1.55 bits per heavy atom. The lowest BCUT2D eigenvalue weighted by Gasteiger charge is -2.07. The third-order valence-corrected chi connectivity index (χ3v) is 1.82. The first kappa shape index (κ1) is 7.11. The van der Waals surface area contributed by atoms with E-state index in [1.807, 2.05) is 13.8 Å². The van der Waals surface area contributed by atoms with Gasteiger partial charge >= 0.3 is 0 Å². The highest BCUT2D eigenvalue weighted by atomic mass is 35.5. The van der Waals surface area contributed by atoms with Gasteiger partial charge in [0.15, 0.2) is 0 Å². The van der Waals surface area contributed by atoms with Crippen molar-refractivity contribution >= 4 is 11.6 Å². The molecule has 2 heteroatoms. The monoisotopic (exact) mass is 173 g/mol. The van der Waals surface area contributed by atoms with Gasteiger partial charge in [0.2, 0.25) is 0 Å². The van der Waals surface area contributed by atoms with Crippen molar-refractivity contribution in [3.63, 3.8) is 0 Å². The molecule has 60 valence electrons. The molecule has 11 heavy (non-hydrogen) atoms. The van der Waals surface area contributed by atoms with Crippen LogP contribution in [0, 0.1) is 5.82 Å². The maximum absolute atomic E-state index is 13.2. The zero-order chi connectivity index (χ0) is 9.30. The first-order valence-electron chi connectivity index (χ1n) is 3.98. The van der Waals surface area contributed by atoms with Crippen LogP contribution in [0.1, 0.15) is 26.7 Å². The standard InChI is InChI=1S/C9H10ClF/c1-6(2)9-7(10)4-3-5-8(9)11/h3-6H,1-2H3/i3D. The van der Waals surface area contributed by atoms with Crippen LogP contribution in [0.3, 0.4) is 0 Å². The summed E-state index contributed by atoms with van der Waals surface area (Å²) in [5, 5.41) is 0.343. The van der Waals surface area contributed by atoms with Crippen LogP contribution in [-0.2, 0) is 0 Å². The minimum Gasteiger partial charge on any atom is -0.207 e. The van der Waals surface area contributed by atoms with Crippen LogP contribution in [-0.4, -0.2) is 0 Å². The molecule has 1 rings (SSSR count). The third kappa shape index (κ3) is 1.72. The lowest BCUT2D eigenvalue weighted by molar-refractivity contribution is 0.598. The molecule has 0 nitrogen and oxygen atoms in total. The van der Waals surface area contributed by atoms with E-state index in [9.17, 15) is 4.39 Å². The molecule has 0 fully saturated rings. The molecule has 1 aromatic rings. The van der Waals surface area contributed by atoms with Crippen LogP contribution in [0.15, 0.2) is 18.2 Å². The average Bonchev–Trinajstić information content (AvgIpc) is 1.82. The van der Waals surface area contributed by atoms with Crippen molar-refractivity contribution in [1.82, 2.24) is 0 Å². The van der Waals surface area contributed by atoms with Gasteiger partial charge in [-0.15, -0.1) is 0 Å². The molecule has 0 aliphatic rings. The van der Waals surface area contributed by atoms with E-state index in [0.29, 0.717) is 10.6 Å². The number of halogens is 2. The van der Waals surface area contributed by atoms with Crippen LogP contribution in [0.5, 0.6) is 0 Å². The molecule has 0 aliphatic carbocycles. The van der Waals surface area contributed by atoms with Crippen molar-refractivity contribution in [1.29, 1.82) is 0 Å². The normalized spacial score (nSPS) is 11.9. The lowest BCUT2D eigenvalue weighted by atomic mass is 10.0. The van der Waals surface area contributed by atoms with Gasteiger partial charge in [-0.25, -0.2) is 4.39 Å². The van der Waals surface area contributed by atoms with E-state index in [1.165, 1.54) is 12.1 Å². The Morgan fingerprint density at radius 2 is 2.18 bits per heavy atom. The highest BCUT2D eigenvalue weighted by molar-refractivity contribution is 6.31. The van der Waals surface area contributed by atoms with Gasteiger partial charge in [0.05, 0.1) is 1.37 Å². The van der Waals surface area contributed by atoms with Crippen LogP contribution in [0.4, 0.5) is 4.39 Å². The number of rotatable bonds is 1. The fourth-order valence-corrected chi connectivity index (χ4v) is 1.38. The molecule has 0 radical (unpaired) electrons. The SMILES string of the molecule is [2H]c1cc(F)c(C(C)C)c(Cl)c1. The van der Waals surface area contributed by atoms with Crippen molar-refractivity contribution in [2.24, 2.45) is 0 Å². The lowest BCUT2D eigenvalue weighted by Crippen LogP contribution is -1.93. The molecule has 0 saturated carbocycles. The number of hydrogen-bond acceptors (Lipinski definition) is 0. The first-order chi connectivity index (χ1) is 5.52. The van der Waals surface area contributed by atoms with E-state index < -0.39 is 0 Å². The van der Waals surface area contributed by atoms with Gasteiger partial charge in [0, 0.05) is 10.6 Å². The summed E-state index contributed by atoms with van der Waals surface area (Å²) in [6, 6.07) is 2.75. The van der Waals surface area contributed by atoms with E-state index >= 15 is 0 Å². The van der Waals surface area contributed by atoms with Gasteiger partial charge < -0.3 is 0 Å². The Bertz CT molecular complexity index is 274. The van der Waals surface area contributed by atoms with Crippen LogP contribution in [0.2, 0.25) is 5.02 Å². The minimum atomic E-state index is -0.387. The van der Waals surface area contributed by atoms with Crippen molar-refractivity contribution in [3.05, 3.63) is 34.6 Å². The molecular weight excluding hydrogens is 163 g/mol. The summed E-state index contributed by atoms with van der Waals surface area (Å²) >= 11 is 5.77. The Labute approximate surface area is 72.4 Å². The predicted molar refractivity (Wildman–Crippen MR) is 45.5 cm³/mol. The summed E-state index contributed by atoms with van der Waals surface area (Å²) < 4.78 is 20.3. The van der Waals surface area contributed by atoms with E-state index in [-0.39, 0.29) is 17.8 Å². The molecule has 0 aliphatic heterocycles. The molecule has 0 saturated heterocycles. The van der Waals surface area contributed by atoms with E-state index in [0.717, 1.165) is 0 Å². The van der Waals surface area contributed by atoms with Gasteiger partial charge in [0.25, 0.3) is 0 Å². The molecule has 0 bridgehead atoms. The van der Waals surface area contributed by atoms with Crippen molar-refractivity contribution in [2.75, 3.05) is 0 Å². The van der Waals surface area contributed by atoms with Crippen LogP contribution < -0.4 is 0 Å². The summed E-state index contributed by atoms with van der Waals surface area (Å²) in [4.78, 5) is 0. The summed E-state index contributed by atoms with van der Waals surface area (Å²) in [5.41, 5.74) is 0.493. The molecule has 0 aromatic heterocycles. The van der Waals surface area contributed by atoms with Gasteiger partial charge in [-0.05, 0) is 18.1 Å². The molecule has 0 amide bonds. The molecular formula is C9H10ClF. The summed E-state index contributed by atoms with van der Waals surface area (Å²) in [6.07, 6.45) is 0. The molecule has 1 aromatic carbocycles. The molecule has 0 heterocycles. The van der Waals surface area contributed by atoms with Crippen LogP contribution >= 0.6 is 11.6 Å².